The van der Waals surface area contributed by atoms with Gasteiger partial charge in [0, 0.05) is 18.0 Å². The number of fused-ring (bicyclic) bond motifs is 3. The number of rotatable bonds is 3. The SMILES string of the molecule is COc1ccc2c(c1)nc1nc(C(=O)Nc3cnc(C)c(C)c3)ccn12. The van der Waals surface area contributed by atoms with Crippen molar-refractivity contribution in [1.82, 2.24) is 19.4 Å². The van der Waals surface area contributed by atoms with Gasteiger partial charge < -0.3 is 10.1 Å². The molecule has 130 valence electrons. The molecule has 0 aliphatic rings. The number of benzene rings is 1. The molecule has 0 aliphatic carbocycles. The van der Waals surface area contributed by atoms with E-state index in [1.54, 1.807) is 25.6 Å². The van der Waals surface area contributed by atoms with Crippen LogP contribution in [0, 0.1) is 13.8 Å². The van der Waals surface area contributed by atoms with Crippen LogP contribution >= 0.6 is 0 Å². The van der Waals surface area contributed by atoms with Crippen molar-refractivity contribution < 1.29 is 9.53 Å². The summed E-state index contributed by atoms with van der Waals surface area (Å²) in [6.07, 6.45) is 3.42. The summed E-state index contributed by atoms with van der Waals surface area (Å²) in [6.45, 7) is 3.88. The van der Waals surface area contributed by atoms with E-state index in [0.717, 1.165) is 28.0 Å². The third-order valence-electron chi connectivity index (χ3n) is 4.31. The standard InChI is InChI=1S/C19H17N5O2/c1-11-8-13(10-20-12(11)2)21-18(25)15-6-7-24-17-5-4-14(26-3)9-16(17)23-19(24)22-15/h4-10H,1-3H3,(H,21,25). The van der Waals surface area contributed by atoms with Gasteiger partial charge in [0.25, 0.3) is 5.91 Å². The molecule has 7 nitrogen and oxygen atoms in total. The normalized spacial score (nSPS) is 11.0. The van der Waals surface area contributed by atoms with Gasteiger partial charge in [0.05, 0.1) is 30.0 Å². The molecule has 3 aromatic heterocycles. The number of aryl methyl sites for hydroxylation is 2. The summed E-state index contributed by atoms with van der Waals surface area (Å²) in [5.41, 5.74) is 4.53. The minimum absolute atomic E-state index is 0.290. The summed E-state index contributed by atoms with van der Waals surface area (Å²) in [5.74, 6) is 0.877. The Bertz CT molecular complexity index is 1150. The molecule has 0 saturated carbocycles. The molecular formula is C19H17N5O2. The Morgan fingerprint density at radius 1 is 1.15 bits per heavy atom. The van der Waals surface area contributed by atoms with Crippen molar-refractivity contribution in [3.8, 4) is 5.75 Å². The van der Waals surface area contributed by atoms with Gasteiger partial charge in [-0.05, 0) is 43.7 Å². The molecule has 0 spiro atoms. The Morgan fingerprint density at radius 2 is 2.00 bits per heavy atom. The molecule has 4 rings (SSSR count). The summed E-state index contributed by atoms with van der Waals surface area (Å²) in [5, 5.41) is 2.82. The first-order valence-electron chi connectivity index (χ1n) is 8.12. The number of anilines is 1. The smallest absolute Gasteiger partial charge is 0.274 e. The second kappa shape index (κ2) is 6.11. The Balaban J connectivity index is 1.68. The fourth-order valence-corrected chi connectivity index (χ4v) is 2.74. The van der Waals surface area contributed by atoms with Crippen LogP contribution in [0.5, 0.6) is 5.75 Å². The molecule has 3 heterocycles. The largest absolute Gasteiger partial charge is 0.497 e. The minimum atomic E-state index is -0.304. The van der Waals surface area contributed by atoms with Gasteiger partial charge in [-0.25, -0.2) is 9.97 Å². The lowest BCUT2D eigenvalue weighted by Crippen LogP contribution is -2.14. The Labute approximate surface area is 149 Å². The zero-order valence-electron chi connectivity index (χ0n) is 14.6. The fraction of sp³-hybridized carbons (Fsp3) is 0.158. The fourth-order valence-electron chi connectivity index (χ4n) is 2.74. The average molecular weight is 347 g/mol. The van der Waals surface area contributed by atoms with Crippen LogP contribution in [-0.4, -0.2) is 32.4 Å². The van der Waals surface area contributed by atoms with Crippen LogP contribution in [0.15, 0.2) is 42.7 Å². The van der Waals surface area contributed by atoms with E-state index in [-0.39, 0.29) is 11.6 Å². The van der Waals surface area contributed by atoms with Crippen LogP contribution in [0.2, 0.25) is 0 Å². The number of methoxy groups -OCH3 is 1. The number of aromatic nitrogens is 4. The summed E-state index contributed by atoms with van der Waals surface area (Å²) < 4.78 is 7.06. The minimum Gasteiger partial charge on any atom is -0.497 e. The monoisotopic (exact) mass is 347 g/mol. The van der Waals surface area contributed by atoms with E-state index in [2.05, 4.69) is 20.3 Å². The summed E-state index contributed by atoms with van der Waals surface area (Å²) in [6, 6.07) is 9.17. The van der Waals surface area contributed by atoms with E-state index in [1.165, 1.54) is 0 Å². The molecular weight excluding hydrogens is 330 g/mol. The van der Waals surface area contributed by atoms with Crippen LogP contribution in [0.25, 0.3) is 16.8 Å². The topological polar surface area (TPSA) is 81.4 Å². The molecule has 1 amide bonds. The quantitative estimate of drug-likeness (QED) is 0.616. The molecule has 0 saturated heterocycles. The lowest BCUT2D eigenvalue weighted by molar-refractivity contribution is 0.102. The number of nitrogens with one attached hydrogen (secondary N) is 1. The van der Waals surface area contributed by atoms with E-state index in [1.807, 2.05) is 42.5 Å². The lowest BCUT2D eigenvalue weighted by atomic mass is 10.2. The van der Waals surface area contributed by atoms with E-state index in [4.69, 9.17) is 4.74 Å². The van der Waals surface area contributed by atoms with Crippen molar-refractivity contribution in [1.29, 1.82) is 0 Å². The van der Waals surface area contributed by atoms with E-state index >= 15 is 0 Å². The second-order valence-corrected chi connectivity index (χ2v) is 6.03. The van der Waals surface area contributed by atoms with Crippen LogP contribution < -0.4 is 10.1 Å². The van der Waals surface area contributed by atoms with Crippen molar-refractivity contribution in [3.05, 3.63) is 59.7 Å². The Morgan fingerprint density at radius 3 is 2.77 bits per heavy atom. The van der Waals surface area contributed by atoms with Gasteiger partial charge in [-0.15, -0.1) is 0 Å². The molecule has 26 heavy (non-hydrogen) atoms. The van der Waals surface area contributed by atoms with Crippen molar-refractivity contribution in [2.75, 3.05) is 12.4 Å². The predicted octanol–water partition coefficient (Wildman–Crippen LogP) is 3.16. The molecule has 0 fully saturated rings. The van der Waals surface area contributed by atoms with Gasteiger partial charge in [0.2, 0.25) is 5.78 Å². The molecule has 0 unspecified atom stereocenters. The number of amides is 1. The van der Waals surface area contributed by atoms with E-state index < -0.39 is 0 Å². The number of carbonyl (C=O) groups is 1. The van der Waals surface area contributed by atoms with E-state index in [9.17, 15) is 4.79 Å². The van der Waals surface area contributed by atoms with Crippen molar-refractivity contribution in [2.45, 2.75) is 13.8 Å². The third kappa shape index (κ3) is 2.73. The zero-order chi connectivity index (χ0) is 18.3. The number of ether oxygens (including phenoxy) is 1. The van der Waals surface area contributed by atoms with Gasteiger partial charge in [-0.3, -0.25) is 14.2 Å². The number of hydrogen-bond acceptors (Lipinski definition) is 5. The first-order chi connectivity index (χ1) is 12.5. The lowest BCUT2D eigenvalue weighted by Gasteiger charge is -2.07. The highest BCUT2D eigenvalue weighted by atomic mass is 16.5. The highest BCUT2D eigenvalue weighted by Crippen LogP contribution is 2.21. The maximum atomic E-state index is 12.5. The third-order valence-corrected chi connectivity index (χ3v) is 4.31. The Kier molecular flexibility index (Phi) is 3.76. The highest BCUT2D eigenvalue weighted by Gasteiger charge is 2.12. The number of pyridine rings is 1. The molecule has 4 aromatic rings. The zero-order valence-corrected chi connectivity index (χ0v) is 14.6. The van der Waals surface area contributed by atoms with Crippen LogP contribution in [0.3, 0.4) is 0 Å². The summed E-state index contributed by atoms with van der Waals surface area (Å²) in [7, 11) is 1.61. The van der Waals surface area contributed by atoms with Crippen LogP contribution in [0.1, 0.15) is 21.7 Å². The maximum absolute atomic E-state index is 12.5. The molecule has 0 radical (unpaired) electrons. The maximum Gasteiger partial charge on any atom is 0.274 e. The Hall–Kier alpha value is -3.48. The van der Waals surface area contributed by atoms with Crippen molar-refractivity contribution in [2.24, 2.45) is 0 Å². The van der Waals surface area contributed by atoms with Crippen molar-refractivity contribution >= 4 is 28.4 Å². The molecule has 0 bridgehead atoms. The van der Waals surface area contributed by atoms with Gasteiger partial charge in [0.1, 0.15) is 11.4 Å². The van der Waals surface area contributed by atoms with Gasteiger partial charge in [-0.1, -0.05) is 0 Å². The van der Waals surface area contributed by atoms with E-state index in [0.29, 0.717) is 11.5 Å². The summed E-state index contributed by atoms with van der Waals surface area (Å²) in [4.78, 5) is 25.6. The van der Waals surface area contributed by atoms with Crippen LogP contribution in [-0.2, 0) is 0 Å². The predicted molar refractivity (Wildman–Crippen MR) is 98.7 cm³/mol. The summed E-state index contributed by atoms with van der Waals surface area (Å²) >= 11 is 0. The molecule has 1 aromatic carbocycles. The van der Waals surface area contributed by atoms with Crippen molar-refractivity contribution in [3.63, 3.8) is 0 Å². The molecule has 1 N–H and O–H groups in total. The van der Waals surface area contributed by atoms with Crippen LogP contribution in [0.4, 0.5) is 5.69 Å². The molecule has 7 heteroatoms. The first-order valence-corrected chi connectivity index (χ1v) is 8.12. The van der Waals surface area contributed by atoms with Gasteiger partial charge in [-0.2, -0.15) is 0 Å². The van der Waals surface area contributed by atoms with Gasteiger partial charge >= 0.3 is 0 Å². The van der Waals surface area contributed by atoms with Gasteiger partial charge in [0.15, 0.2) is 0 Å². The molecule has 0 aliphatic heterocycles. The highest BCUT2D eigenvalue weighted by molar-refractivity contribution is 6.03. The number of hydrogen-bond donors (Lipinski definition) is 1. The number of carbonyl (C=O) groups excluding carboxylic acids is 1. The second-order valence-electron chi connectivity index (χ2n) is 6.03. The first kappa shape index (κ1) is 16.0. The number of nitrogens with zero attached hydrogens (tertiary/aromatic N) is 4. The molecule has 0 atom stereocenters. The number of imidazole rings is 1. The average Bonchev–Trinajstić information content (AvgIpc) is 3.01.